The van der Waals surface area contributed by atoms with Gasteiger partial charge in [0.2, 0.25) is 5.60 Å². The van der Waals surface area contributed by atoms with Gasteiger partial charge in [-0.05, 0) is 11.6 Å². The van der Waals surface area contributed by atoms with E-state index in [0.717, 1.165) is 11.1 Å². The summed E-state index contributed by atoms with van der Waals surface area (Å²) in [6.45, 7) is 0.314. The maximum absolute atomic E-state index is 14.2. The van der Waals surface area contributed by atoms with E-state index < -0.39 is 5.60 Å². The number of para-hydroxylation sites is 1. The SMILES string of the molecule is O=C(C1=C(c2ccccc2)O[C@@]12C(=O)N(Cc1ccccc1)c1c(Cl)cccc12)c1ccccc1. The van der Waals surface area contributed by atoms with Crippen LogP contribution in [0.1, 0.15) is 27.0 Å². The highest BCUT2D eigenvalue weighted by molar-refractivity contribution is 6.36. The van der Waals surface area contributed by atoms with Crippen LogP contribution >= 0.6 is 11.6 Å². The van der Waals surface area contributed by atoms with Crippen molar-refractivity contribution in [2.45, 2.75) is 12.1 Å². The minimum absolute atomic E-state index is 0.239. The van der Waals surface area contributed by atoms with Gasteiger partial charge in [0.05, 0.1) is 17.3 Å². The van der Waals surface area contributed by atoms with Gasteiger partial charge >= 0.3 is 0 Å². The van der Waals surface area contributed by atoms with Crippen LogP contribution in [0.4, 0.5) is 5.69 Å². The van der Waals surface area contributed by atoms with Crippen LogP contribution in [-0.4, -0.2) is 11.7 Å². The molecule has 1 amide bonds. The smallest absolute Gasteiger partial charge is 0.281 e. The van der Waals surface area contributed by atoms with Gasteiger partial charge in [-0.1, -0.05) is 115 Å². The Morgan fingerprint density at radius 3 is 2.11 bits per heavy atom. The number of nitrogens with zero attached hydrogens (tertiary/aromatic N) is 1. The fourth-order valence-corrected chi connectivity index (χ4v) is 5.17. The number of Topliss-reactive ketones (excluding diaryl/α,β-unsaturated/α-hetero) is 1. The number of benzene rings is 4. The summed E-state index contributed by atoms with van der Waals surface area (Å²) in [5, 5.41) is 0.437. The first kappa shape index (κ1) is 21.4. The average molecular weight is 478 g/mol. The molecule has 35 heavy (non-hydrogen) atoms. The van der Waals surface area contributed by atoms with E-state index in [0.29, 0.717) is 39.7 Å². The van der Waals surface area contributed by atoms with Crippen LogP contribution in [0, 0.1) is 0 Å². The molecule has 170 valence electrons. The normalized spacial score (nSPS) is 18.3. The Kier molecular flexibility index (Phi) is 5.05. The van der Waals surface area contributed by atoms with Crippen molar-refractivity contribution in [3.63, 3.8) is 0 Å². The first-order valence-electron chi connectivity index (χ1n) is 11.3. The van der Waals surface area contributed by atoms with E-state index in [1.807, 2.05) is 84.9 Å². The number of carbonyl (C=O) groups excluding carboxylic acids is 2. The quantitative estimate of drug-likeness (QED) is 0.312. The number of halogens is 1. The molecule has 2 aliphatic heterocycles. The van der Waals surface area contributed by atoms with E-state index in [1.54, 1.807) is 29.2 Å². The summed E-state index contributed by atoms with van der Waals surface area (Å²) in [5.41, 5.74) is 2.14. The summed E-state index contributed by atoms with van der Waals surface area (Å²) in [6.07, 6.45) is 0. The standard InChI is InChI=1S/C30H20ClNO3/c31-24-18-10-17-23-26(24)32(19-20-11-4-1-5-12-20)29(34)30(23)25(27(33)21-13-6-2-7-14-21)28(35-30)22-15-8-3-9-16-22/h1-18H,19H2/t30-/m1/s1. The molecule has 0 radical (unpaired) electrons. The number of rotatable bonds is 5. The molecule has 2 heterocycles. The molecule has 4 nitrogen and oxygen atoms in total. The summed E-state index contributed by atoms with van der Waals surface area (Å²) < 4.78 is 6.40. The molecule has 2 aliphatic rings. The molecule has 4 aromatic carbocycles. The molecule has 0 fully saturated rings. The molecule has 1 spiro atoms. The fraction of sp³-hybridized carbons (Fsp3) is 0.0667. The van der Waals surface area contributed by atoms with Crippen molar-refractivity contribution in [1.82, 2.24) is 0 Å². The van der Waals surface area contributed by atoms with Gasteiger partial charge in [0, 0.05) is 16.7 Å². The number of carbonyl (C=O) groups is 2. The molecule has 0 N–H and O–H groups in total. The van der Waals surface area contributed by atoms with E-state index in [-0.39, 0.29) is 11.7 Å². The molecular formula is C30H20ClNO3. The van der Waals surface area contributed by atoms with Crippen molar-refractivity contribution >= 4 is 34.7 Å². The van der Waals surface area contributed by atoms with E-state index in [4.69, 9.17) is 16.3 Å². The summed E-state index contributed by atoms with van der Waals surface area (Å²) in [7, 11) is 0. The van der Waals surface area contributed by atoms with Crippen molar-refractivity contribution < 1.29 is 14.3 Å². The molecule has 5 heteroatoms. The highest BCUT2D eigenvalue weighted by Gasteiger charge is 2.65. The molecule has 0 aliphatic carbocycles. The van der Waals surface area contributed by atoms with Crippen molar-refractivity contribution in [2.24, 2.45) is 0 Å². The minimum atomic E-state index is -1.55. The first-order valence-corrected chi connectivity index (χ1v) is 11.7. The highest BCUT2D eigenvalue weighted by Crippen LogP contribution is 2.59. The molecule has 0 saturated heterocycles. The molecule has 6 rings (SSSR count). The second-order valence-electron chi connectivity index (χ2n) is 8.56. The predicted octanol–water partition coefficient (Wildman–Crippen LogP) is 6.41. The van der Waals surface area contributed by atoms with Crippen LogP contribution < -0.4 is 4.90 Å². The van der Waals surface area contributed by atoms with E-state index in [9.17, 15) is 9.59 Å². The van der Waals surface area contributed by atoms with Crippen LogP contribution in [0.3, 0.4) is 0 Å². The number of hydrogen-bond acceptors (Lipinski definition) is 3. The number of hydrogen-bond donors (Lipinski definition) is 0. The topological polar surface area (TPSA) is 46.6 Å². The molecule has 0 unspecified atom stereocenters. The van der Waals surface area contributed by atoms with Gasteiger partial charge in [-0.25, -0.2) is 0 Å². The summed E-state index contributed by atoms with van der Waals surface area (Å²) >= 11 is 6.65. The van der Waals surface area contributed by atoms with Crippen LogP contribution in [-0.2, 0) is 21.7 Å². The van der Waals surface area contributed by atoms with Crippen LogP contribution in [0.15, 0.2) is 115 Å². The third-order valence-corrected chi connectivity index (χ3v) is 6.80. The zero-order valence-electron chi connectivity index (χ0n) is 18.6. The average Bonchev–Trinajstić information content (AvgIpc) is 3.14. The number of ketones is 1. The first-order chi connectivity index (χ1) is 17.1. The van der Waals surface area contributed by atoms with E-state index in [1.165, 1.54) is 0 Å². The lowest BCUT2D eigenvalue weighted by Crippen LogP contribution is -2.51. The largest absolute Gasteiger partial charge is 0.466 e. The lowest BCUT2D eigenvalue weighted by Gasteiger charge is -2.41. The molecule has 0 saturated carbocycles. The predicted molar refractivity (Wildman–Crippen MR) is 136 cm³/mol. The molecule has 0 aromatic heterocycles. The maximum atomic E-state index is 14.2. The van der Waals surface area contributed by atoms with Crippen molar-refractivity contribution in [1.29, 1.82) is 0 Å². The zero-order valence-corrected chi connectivity index (χ0v) is 19.4. The van der Waals surface area contributed by atoms with E-state index >= 15 is 0 Å². The Morgan fingerprint density at radius 2 is 1.43 bits per heavy atom. The fourth-order valence-electron chi connectivity index (χ4n) is 4.90. The van der Waals surface area contributed by atoms with E-state index in [2.05, 4.69) is 0 Å². The zero-order chi connectivity index (χ0) is 24.0. The summed E-state index contributed by atoms with van der Waals surface area (Å²) in [4.78, 5) is 29.8. The van der Waals surface area contributed by atoms with Gasteiger partial charge in [0.25, 0.3) is 5.91 Å². The summed E-state index contributed by atoms with van der Waals surface area (Å²) in [5.74, 6) is -0.139. The minimum Gasteiger partial charge on any atom is -0.466 e. The number of fused-ring (bicyclic) bond motifs is 2. The third-order valence-electron chi connectivity index (χ3n) is 6.50. The van der Waals surface area contributed by atoms with Gasteiger partial charge in [-0.2, -0.15) is 0 Å². The van der Waals surface area contributed by atoms with Gasteiger partial charge in [-0.15, -0.1) is 0 Å². The van der Waals surface area contributed by atoms with Gasteiger partial charge in [0.1, 0.15) is 11.3 Å². The second kappa shape index (κ2) is 8.26. The molecular weight excluding hydrogens is 458 g/mol. The van der Waals surface area contributed by atoms with Crippen molar-refractivity contribution in [2.75, 3.05) is 4.90 Å². The van der Waals surface area contributed by atoms with Gasteiger partial charge < -0.3 is 9.64 Å². The lowest BCUT2D eigenvalue weighted by atomic mass is 9.76. The third kappa shape index (κ3) is 3.22. The van der Waals surface area contributed by atoms with Crippen molar-refractivity contribution in [3.05, 3.63) is 142 Å². The Morgan fingerprint density at radius 1 is 0.800 bits per heavy atom. The second-order valence-corrected chi connectivity index (χ2v) is 8.97. The van der Waals surface area contributed by atoms with Gasteiger partial charge in [-0.3, -0.25) is 9.59 Å². The molecule has 0 bridgehead atoms. The number of ether oxygens (including phenoxy) is 1. The molecule has 1 atom stereocenters. The molecule has 4 aromatic rings. The Hall–Kier alpha value is -4.15. The Bertz CT molecular complexity index is 1480. The lowest BCUT2D eigenvalue weighted by molar-refractivity contribution is -0.135. The number of anilines is 1. The van der Waals surface area contributed by atoms with Crippen LogP contribution in [0.5, 0.6) is 0 Å². The summed E-state index contributed by atoms with van der Waals surface area (Å²) in [6, 6.07) is 33.5. The Balaban J connectivity index is 1.56. The van der Waals surface area contributed by atoms with Crippen LogP contribution in [0.25, 0.3) is 5.76 Å². The van der Waals surface area contributed by atoms with Crippen LogP contribution in [0.2, 0.25) is 5.02 Å². The Labute approximate surface area is 208 Å². The maximum Gasteiger partial charge on any atom is 0.281 e. The number of amides is 1. The highest BCUT2D eigenvalue weighted by atomic mass is 35.5. The monoisotopic (exact) mass is 477 g/mol. The van der Waals surface area contributed by atoms with Crippen molar-refractivity contribution in [3.8, 4) is 0 Å². The van der Waals surface area contributed by atoms with Gasteiger partial charge in [0.15, 0.2) is 5.78 Å².